The number of aromatic amines is 1. The van der Waals surface area contributed by atoms with Crippen molar-refractivity contribution in [2.45, 2.75) is 24.6 Å². The minimum Gasteiger partial charge on any atom is -0.369 e. The number of alkyl halides is 1. The Kier molecular flexibility index (Phi) is 4.07. The molecule has 16 heavy (non-hydrogen) atoms. The van der Waals surface area contributed by atoms with Gasteiger partial charge in [0.1, 0.15) is 9.39 Å². The molecule has 2 N–H and O–H groups in total. The summed E-state index contributed by atoms with van der Waals surface area (Å²) in [5.41, 5.74) is -0.105. The van der Waals surface area contributed by atoms with Crippen molar-refractivity contribution in [1.82, 2.24) is 9.97 Å². The van der Waals surface area contributed by atoms with E-state index in [0.717, 1.165) is 19.4 Å². The molecule has 0 saturated heterocycles. The maximum Gasteiger partial charge on any atom is 0.266 e. The SMILES string of the molecule is O=c1[nH]cnc(NCC2CCCC2Cl)c1I. The predicted octanol–water partition coefficient (Wildman–Crippen LogP) is 2.19. The Hall–Kier alpha value is -0.300. The fourth-order valence-electron chi connectivity index (χ4n) is 1.96. The second kappa shape index (κ2) is 5.35. The van der Waals surface area contributed by atoms with Crippen LogP contribution in [0.4, 0.5) is 5.82 Å². The lowest BCUT2D eigenvalue weighted by molar-refractivity contribution is 0.585. The smallest absolute Gasteiger partial charge is 0.266 e. The number of aromatic nitrogens is 2. The molecule has 1 aromatic heterocycles. The van der Waals surface area contributed by atoms with E-state index in [4.69, 9.17) is 11.6 Å². The summed E-state index contributed by atoms with van der Waals surface area (Å²) in [5, 5.41) is 3.46. The van der Waals surface area contributed by atoms with Gasteiger partial charge in [-0.2, -0.15) is 0 Å². The highest BCUT2D eigenvalue weighted by molar-refractivity contribution is 14.1. The fraction of sp³-hybridized carbons (Fsp3) is 0.600. The van der Waals surface area contributed by atoms with Gasteiger partial charge in [0.25, 0.3) is 5.56 Å². The monoisotopic (exact) mass is 353 g/mol. The normalized spacial score (nSPS) is 24.6. The van der Waals surface area contributed by atoms with E-state index in [0.29, 0.717) is 15.3 Å². The zero-order valence-corrected chi connectivity index (χ0v) is 11.6. The third-order valence-corrected chi connectivity index (χ3v) is 4.47. The summed E-state index contributed by atoms with van der Waals surface area (Å²) >= 11 is 8.18. The minimum atomic E-state index is -0.105. The molecule has 1 aliphatic rings. The first-order valence-electron chi connectivity index (χ1n) is 5.29. The average Bonchev–Trinajstić information content (AvgIpc) is 2.67. The van der Waals surface area contributed by atoms with Crippen molar-refractivity contribution in [3.05, 3.63) is 20.3 Å². The van der Waals surface area contributed by atoms with Crippen LogP contribution in [-0.4, -0.2) is 21.9 Å². The molecule has 6 heteroatoms. The molecule has 0 amide bonds. The summed E-state index contributed by atoms with van der Waals surface area (Å²) < 4.78 is 0.601. The average molecular weight is 354 g/mol. The van der Waals surface area contributed by atoms with Crippen LogP contribution in [0.15, 0.2) is 11.1 Å². The van der Waals surface area contributed by atoms with Crippen LogP contribution < -0.4 is 10.9 Å². The largest absolute Gasteiger partial charge is 0.369 e. The van der Waals surface area contributed by atoms with Gasteiger partial charge < -0.3 is 10.3 Å². The maximum atomic E-state index is 11.3. The number of hydrogen-bond donors (Lipinski definition) is 2. The van der Waals surface area contributed by atoms with E-state index in [1.54, 1.807) is 0 Å². The van der Waals surface area contributed by atoms with Crippen LogP contribution in [0.25, 0.3) is 0 Å². The molecule has 4 nitrogen and oxygen atoms in total. The topological polar surface area (TPSA) is 57.8 Å². The molecular weight excluding hydrogens is 340 g/mol. The summed E-state index contributed by atoms with van der Waals surface area (Å²) in [6, 6.07) is 0. The number of hydrogen-bond acceptors (Lipinski definition) is 3. The van der Waals surface area contributed by atoms with Crippen LogP contribution in [0.5, 0.6) is 0 Å². The Morgan fingerprint density at radius 2 is 2.44 bits per heavy atom. The highest BCUT2D eigenvalue weighted by atomic mass is 127. The third kappa shape index (κ3) is 2.68. The first-order valence-corrected chi connectivity index (χ1v) is 6.81. The second-order valence-corrected chi connectivity index (χ2v) is 5.62. The summed E-state index contributed by atoms with van der Waals surface area (Å²) in [4.78, 5) is 18.0. The van der Waals surface area contributed by atoms with Crippen molar-refractivity contribution in [3.63, 3.8) is 0 Å². The van der Waals surface area contributed by atoms with Crippen molar-refractivity contribution >= 4 is 40.0 Å². The van der Waals surface area contributed by atoms with Crippen LogP contribution >= 0.6 is 34.2 Å². The number of rotatable bonds is 3. The van der Waals surface area contributed by atoms with E-state index in [1.807, 2.05) is 22.6 Å². The van der Waals surface area contributed by atoms with Gasteiger partial charge in [-0.05, 0) is 41.4 Å². The highest BCUT2D eigenvalue weighted by Gasteiger charge is 2.25. The van der Waals surface area contributed by atoms with Gasteiger partial charge in [0, 0.05) is 11.9 Å². The molecule has 0 radical (unpaired) electrons. The zero-order chi connectivity index (χ0) is 11.5. The third-order valence-electron chi connectivity index (χ3n) is 2.89. The van der Waals surface area contributed by atoms with Gasteiger partial charge in [-0.1, -0.05) is 6.42 Å². The molecule has 0 aliphatic heterocycles. The Balaban J connectivity index is 1.99. The summed E-state index contributed by atoms with van der Waals surface area (Å²) in [7, 11) is 0. The Labute approximate surface area is 112 Å². The van der Waals surface area contributed by atoms with E-state index in [2.05, 4.69) is 15.3 Å². The lowest BCUT2D eigenvalue weighted by Gasteiger charge is -2.15. The van der Waals surface area contributed by atoms with Gasteiger partial charge in [-0.25, -0.2) is 4.98 Å². The number of halogens is 2. The molecule has 1 heterocycles. The molecule has 0 spiro atoms. The molecule has 1 aromatic rings. The van der Waals surface area contributed by atoms with Crippen molar-refractivity contribution in [2.75, 3.05) is 11.9 Å². The van der Waals surface area contributed by atoms with Gasteiger partial charge in [0.2, 0.25) is 0 Å². The van der Waals surface area contributed by atoms with Gasteiger partial charge in [0.15, 0.2) is 0 Å². The van der Waals surface area contributed by atoms with Gasteiger partial charge in [0.05, 0.1) is 6.33 Å². The van der Waals surface area contributed by atoms with Crippen molar-refractivity contribution < 1.29 is 0 Å². The molecule has 2 rings (SSSR count). The standard InChI is InChI=1S/C10H13ClIN3O/c11-7-3-1-2-6(7)4-13-9-8(12)10(16)15-5-14-9/h5-7H,1-4H2,(H2,13,14,15,16). The minimum absolute atomic E-state index is 0.105. The molecule has 88 valence electrons. The fourth-order valence-corrected chi connectivity index (χ4v) is 2.81. The molecule has 2 atom stereocenters. The molecular formula is C10H13ClIN3O. The summed E-state index contributed by atoms with van der Waals surface area (Å²) in [5.74, 6) is 1.14. The number of nitrogens with one attached hydrogen (secondary N) is 2. The van der Waals surface area contributed by atoms with Crippen LogP contribution in [-0.2, 0) is 0 Å². The molecule has 1 aliphatic carbocycles. The van der Waals surface area contributed by atoms with Crippen molar-refractivity contribution in [2.24, 2.45) is 5.92 Å². The maximum absolute atomic E-state index is 11.3. The lowest BCUT2D eigenvalue weighted by Crippen LogP contribution is -2.21. The molecule has 1 saturated carbocycles. The van der Waals surface area contributed by atoms with Crippen LogP contribution in [0.3, 0.4) is 0 Å². The van der Waals surface area contributed by atoms with E-state index in [9.17, 15) is 4.79 Å². The Bertz CT molecular complexity index is 423. The summed E-state index contributed by atoms with van der Waals surface area (Å²) in [6.45, 7) is 0.792. The number of H-pyrrole nitrogens is 1. The molecule has 0 bridgehead atoms. The number of anilines is 1. The predicted molar refractivity (Wildman–Crippen MR) is 73.0 cm³/mol. The quantitative estimate of drug-likeness (QED) is 0.647. The number of nitrogens with zero attached hydrogens (tertiary/aromatic N) is 1. The van der Waals surface area contributed by atoms with Gasteiger partial charge in [-0.15, -0.1) is 11.6 Å². The van der Waals surface area contributed by atoms with E-state index in [1.165, 1.54) is 12.7 Å². The lowest BCUT2D eigenvalue weighted by atomic mass is 10.1. The van der Waals surface area contributed by atoms with E-state index >= 15 is 0 Å². The first-order chi connectivity index (χ1) is 7.68. The zero-order valence-electron chi connectivity index (χ0n) is 8.67. The Morgan fingerprint density at radius 3 is 3.12 bits per heavy atom. The van der Waals surface area contributed by atoms with Gasteiger partial charge in [-0.3, -0.25) is 4.79 Å². The molecule has 0 aromatic carbocycles. The highest BCUT2D eigenvalue weighted by Crippen LogP contribution is 2.30. The Morgan fingerprint density at radius 1 is 1.62 bits per heavy atom. The summed E-state index contributed by atoms with van der Waals surface area (Å²) in [6.07, 6.45) is 4.86. The van der Waals surface area contributed by atoms with Crippen LogP contribution in [0.2, 0.25) is 0 Å². The van der Waals surface area contributed by atoms with E-state index < -0.39 is 0 Å². The molecule has 2 unspecified atom stereocenters. The molecule has 1 fully saturated rings. The first kappa shape index (κ1) is 12.2. The van der Waals surface area contributed by atoms with E-state index in [-0.39, 0.29) is 10.9 Å². The second-order valence-electron chi connectivity index (χ2n) is 3.98. The van der Waals surface area contributed by atoms with Crippen molar-refractivity contribution in [1.29, 1.82) is 0 Å². The van der Waals surface area contributed by atoms with Crippen molar-refractivity contribution in [3.8, 4) is 0 Å². The van der Waals surface area contributed by atoms with Crippen LogP contribution in [0, 0.1) is 9.49 Å². The van der Waals surface area contributed by atoms with Gasteiger partial charge >= 0.3 is 0 Å². The van der Waals surface area contributed by atoms with Crippen LogP contribution in [0.1, 0.15) is 19.3 Å².